The van der Waals surface area contributed by atoms with Gasteiger partial charge in [0.05, 0.1) is 18.2 Å². The van der Waals surface area contributed by atoms with Crippen molar-refractivity contribution in [2.24, 2.45) is 5.92 Å². The number of rotatable bonds is 10. The van der Waals surface area contributed by atoms with Crippen LogP contribution in [0.5, 0.6) is 11.5 Å². The smallest absolute Gasteiger partial charge is 0.416 e. The lowest BCUT2D eigenvalue weighted by Gasteiger charge is -2.21. The highest BCUT2D eigenvalue weighted by Gasteiger charge is 2.38. The molecule has 3 rings (SSSR count). The van der Waals surface area contributed by atoms with Gasteiger partial charge < -0.3 is 14.6 Å². The van der Waals surface area contributed by atoms with E-state index in [0.29, 0.717) is 19.0 Å². The molecule has 0 aliphatic heterocycles. The lowest BCUT2D eigenvalue weighted by atomic mass is 9.99. The Morgan fingerprint density at radius 3 is 2.16 bits per heavy atom. The Morgan fingerprint density at radius 1 is 0.838 bits per heavy atom. The topological polar surface area (TPSA) is 50.7 Å². The Labute approximate surface area is 210 Å². The van der Waals surface area contributed by atoms with Crippen LogP contribution in [-0.4, -0.2) is 18.4 Å². The molecule has 3 aromatic carbocycles. The van der Waals surface area contributed by atoms with Gasteiger partial charge in [0.1, 0.15) is 12.8 Å². The summed E-state index contributed by atoms with van der Waals surface area (Å²) in [6, 6.07) is 15.9. The molecule has 2 atom stereocenters. The average molecular weight is 528 g/mol. The van der Waals surface area contributed by atoms with Gasteiger partial charge in [0.15, 0.2) is 11.5 Å². The first kappa shape index (κ1) is 28.3. The van der Waals surface area contributed by atoms with E-state index in [1.165, 1.54) is 13.2 Å². The molecule has 0 heterocycles. The predicted molar refractivity (Wildman–Crippen MR) is 126 cm³/mol. The molecule has 0 radical (unpaired) electrons. The highest BCUT2D eigenvalue weighted by Crippen LogP contribution is 2.38. The number of hydrogen-bond donors (Lipinski definition) is 2. The molecule has 0 amide bonds. The summed E-state index contributed by atoms with van der Waals surface area (Å²) in [6.45, 7) is 1.75. The van der Waals surface area contributed by atoms with Gasteiger partial charge in [-0.2, -0.15) is 26.3 Å². The first-order chi connectivity index (χ1) is 17.4. The van der Waals surface area contributed by atoms with Gasteiger partial charge in [-0.3, -0.25) is 5.32 Å². The minimum Gasteiger partial charge on any atom is -0.493 e. The van der Waals surface area contributed by atoms with Crippen molar-refractivity contribution in [1.82, 2.24) is 5.32 Å². The predicted octanol–water partition coefficient (Wildman–Crippen LogP) is 6.60. The van der Waals surface area contributed by atoms with Crippen LogP contribution in [0.4, 0.5) is 26.3 Å². The summed E-state index contributed by atoms with van der Waals surface area (Å²) in [5.41, 5.74) is -1.42. The largest absolute Gasteiger partial charge is 0.493 e. The number of aliphatic hydroxyl groups is 1. The van der Waals surface area contributed by atoms with Crippen molar-refractivity contribution in [2.75, 3.05) is 7.11 Å². The van der Waals surface area contributed by atoms with E-state index in [1.54, 1.807) is 12.1 Å². The molecular weight excluding hydrogens is 500 g/mol. The Kier molecular flexibility index (Phi) is 9.09. The monoisotopic (exact) mass is 527 g/mol. The standard InChI is InChI=1S/C27H27F6NO3/c1-17(25(35)34-15-18-6-4-3-5-7-18)12-19-8-11-23(24(13-19)36-2)37-16-20-9-10-21(26(28,29)30)14-22(20)27(31,32)33/h3-11,13-14,17,25,34-35H,12,15-16H2,1-2H3. The molecule has 0 saturated heterocycles. The minimum atomic E-state index is -4.99. The normalized spacial score (nSPS) is 13.8. The van der Waals surface area contributed by atoms with Crippen molar-refractivity contribution in [3.05, 3.63) is 94.5 Å². The van der Waals surface area contributed by atoms with E-state index in [-0.39, 0.29) is 23.5 Å². The van der Waals surface area contributed by atoms with Crippen LogP contribution < -0.4 is 14.8 Å². The summed E-state index contributed by atoms with van der Waals surface area (Å²) < 4.78 is 89.7. The van der Waals surface area contributed by atoms with Crippen molar-refractivity contribution in [3.63, 3.8) is 0 Å². The van der Waals surface area contributed by atoms with Gasteiger partial charge in [-0.25, -0.2) is 0 Å². The van der Waals surface area contributed by atoms with Gasteiger partial charge >= 0.3 is 12.4 Å². The number of alkyl halides is 6. The first-order valence-electron chi connectivity index (χ1n) is 11.4. The van der Waals surface area contributed by atoms with Crippen LogP contribution in [0.2, 0.25) is 0 Å². The van der Waals surface area contributed by atoms with Crippen molar-refractivity contribution in [1.29, 1.82) is 0 Å². The van der Waals surface area contributed by atoms with Gasteiger partial charge in [-0.05, 0) is 47.7 Å². The summed E-state index contributed by atoms with van der Waals surface area (Å²) in [7, 11) is 1.37. The molecular formula is C27H27F6NO3. The third-order valence-corrected chi connectivity index (χ3v) is 5.81. The number of halogens is 6. The van der Waals surface area contributed by atoms with Crippen LogP contribution in [-0.2, 0) is 31.9 Å². The molecule has 200 valence electrons. The zero-order valence-corrected chi connectivity index (χ0v) is 20.2. The van der Waals surface area contributed by atoms with Crippen LogP contribution in [0.1, 0.15) is 34.7 Å². The van der Waals surface area contributed by atoms with Crippen LogP contribution in [0.15, 0.2) is 66.7 Å². The van der Waals surface area contributed by atoms with Crippen LogP contribution in [0.3, 0.4) is 0 Å². The van der Waals surface area contributed by atoms with Crippen LogP contribution >= 0.6 is 0 Å². The maximum Gasteiger partial charge on any atom is 0.416 e. The van der Waals surface area contributed by atoms with Crippen molar-refractivity contribution >= 4 is 0 Å². The second-order valence-corrected chi connectivity index (χ2v) is 8.63. The molecule has 4 nitrogen and oxygen atoms in total. The first-order valence-corrected chi connectivity index (χ1v) is 11.4. The van der Waals surface area contributed by atoms with Crippen molar-refractivity contribution < 1.29 is 40.9 Å². The maximum atomic E-state index is 13.4. The van der Waals surface area contributed by atoms with Crippen molar-refractivity contribution in [3.8, 4) is 11.5 Å². The third kappa shape index (κ3) is 7.87. The van der Waals surface area contributed by atoms with E-state index in [2.05, 4.69) is 5.32 Å². The molecule has 0 saturated carbocycles. The molecule has 0 fully saturated rings. The molecule has 0 aromatic heterocycles. The molecule has 3 aromatic rings. The number of benzene rings is 3. The molecule has 0 aliphatic carbocycles. The lowest BCUT2D eigenvalue weighted by molar-refractivity contribution is -0.143. The molecule has 2 N–H and O–H groups in total. The number of methoxy groups -OCH3 is 1. The lowest BCUT2D eigenvalue weighted by Crippen LogP contribution is -2.35. The fraction of sp³-hybridized carbons (Fsp3) is 0.333. The van der Waals surface area contributed by atoms with E-state index >= 15 is 0 Å². The summed E-state index contributed by atoms with van der Waals surface area (Å²) in [5, 5.41) is 13.5. The van der Waals surface area contributed by atoms with Crippen LogP contribution in [0, 0.1) is 5.92 Å². The number of hydrogen-bond acceptors (Lipinski definition) is 4. The molecule has 0 bridgehead atoms. The number of aliphatic hydroxyl groups excluding tert-OH is 1. The quantitative estimate of drug-likeness (QED) is 0.231. The van der Waals surface area contributed by atoms with Gasteiger partial charge in [-0.1, -0.05) is 49.4 Å². The molecule has 0 aliphatic rings. The average Bonchev–Trinajstić information content (AvgIpc) is 2.85. The second kappa shape index (κ2) is 11.9. The summed E-state index contributed by atoms with van der Waals surface area (Å²) in [6.07, 6.45) is -10.2. The highest BCUT2D eigenvalue weighted by molar-refractivity contribution is 5.44. The van der Waals surface area contributed by atoms with E-state index < -0.39 is 41.9 Å². The van der Waals surface area contributed by atoms with Gasteiger partial charge in [0.2, 0.25) is 0 Å². The molecule has 10 heteroatoms. The summed E-state index contributed by atoms with van der Waals surface area (Å²) in [4.78, 5) is 0. The van der Waals surface area contributed by atoms with Crippen LogP contribution in [0.25, 0.3) is 0 Å². The van der Waals surface area contributed by atoms with Crippen molar-refractivity contribution in [2.45, 2.75) is 45.1 Å². The Balaban J connectivity index is 1.67. The number of nitrogens with one attached hydrogen (secondary N) is 1. The van der Waals surface area contributed by atoms with Gasteiger partial charge in [0.25, 0.3) is 0 Å². The molecule has 2 unspecified atom stereocenters. The fourth-order valence-corrected chi connectivity index (χ4v) is 3.76. The number of ether oxygens (including phenoxy) is 2. The van der Waals surface area contributed by atoms with E-state index in [9.17, 15) is 31.4 Å². The Morgan fingerprint density at radius 2 is 1.54 bits per heavy atom. The maximum absolute atomic E-state index is 13.4. The van der Waals surface area contributed by atoms with E-state index in [0.717, 1.165) is 17.2 Å². The molecule has 37 heavy (non-hydrogen) atoms. The fourth-order valence-electron chi connectivity index (χ4n) is 3.76. The zero-order valence-electron chi connectivity index (χ0n) is 20.2. The zero-order chi connectivity index (χ0) is 27.2. The van der Waals surface area contributed by atoms with Gasteiger partial charge in [0, 0.05) is 12.1 Å². The third-order valence-electron chi connectivity index (χ3n) is 5.81. The summed E-state index contributed by atoms with van der Waals surface area (Å²) >= 11 is 0. The second-order valence-electron chi connectivity index (χ2n) is 8.63. The van der Waals surface area contributed by atoms with E-state index in [4.69, 9.17) is 9.47 Å². The highest BCUT2D eigenvalue weighted by atomic mass is 19.4. The Hall–Kier alpha value is -3.24. The van der Waals surface area contributed by atoms with Gasteiger partial charge in [-0.15, -0.1) is 0 Å². The SMILES string of the molecule is COc1cc(CC(C)C(O)NCc2ccccc2)ccc1OCc1ccc(C(F)(F)F)cc1C(F)(F)F. The summed E-state index contributed by atoms with van der Waals surface area (Å²) in [5.74, 6) is 0.202. The Bertz CT molecular complexity index is 1170. The molecule has 0 spiro atoms. The van der Waals surface area contributed by atoms with E-state index in [1.807, 2.05) is 37.3 Å². The minimum absolute atomic E-state index is 0.0809.